The number of phenols is 1. The molecule has 2 heteroatoms. The van der Waals surface area contributed by atoms with Crippen LogP contribution < -0.4 is 0 Å². The molecule has 0 bridgehead atoms. The standard InChI is InChI=1S/C17H24O2/c1-17(2)15(7-8-16(17)19)13-4-3-12-10-14(18)6-5-11(12)9-13/h5-6,10,13,15-16,18-19H,3-4,7-9H2,1-2H3. The minimum Gasteiger partial charge on any atom is -0.508 e. The van der Waals surface area contributed by atoms with Gasteiger partial charge in [0.15, 0.2) is 0 Å². The Balaban J connectivity index is 1.81. The molecule has 0 aliphatic heterocycles. The van der Waals surface area contributed by atoms with Gasteiger partial charge in [0.05, 0.1) is 6.10 Å². The Morgan fingerprint density at radius 1 is 1.11 bits per heavy atom. The van der Waals surface area contributed by atoms with Crippen LogP contribution in [0.3, 0.4) is 0 Å². The second kappa shape index (κ2) is 4.52. The fourth-order valence-corrected chi connectivity index (χ4v) is 4.28. The van der Waals surface area contributed by atoms with Gasteiger partial charge < -0.3 is 10.2 Å². The van der Waals surface area contributed by atoms with Crippen LogP contribution in [0.15, 0.2) is 18.2 Å². The number of benzene rings is 1. The molecule has 0 aromatic heterocycles. The first-order valence-corrected chi connectivity index (χ1v) is 7.47. The molecule has 3 atom stereocenters. The number of rotatable bonds is 1. The molecule has 2 aliphatic carbocycles. The summed E-state index contributed by atoms with van der Waals surface area (Å²) < 4.78 is 0. The normalized spacial score (nSPS) is 33.1. The molecule has 3 rings (SSSR count). The first-order chi connectivity index (χ1) is 8.98. The lowest BCUT2D eigenvalue weighted by atomic mass is 9.67. The highest BCUT2D eigenvalue weighted by atomic mass is 16.3. The third-order valence-corrected chi connectivity index (χ3v) is 5.59. The molecule has 0 heterocycles. The first kappa shape index (κ1) is 13.0. The second-order valence-corrected chi connectivity index (χ2v) is 6.98. The molecule has 1 aromatic rings. The smallest absolute Gasteiger partial charge is 0.115 e. The number of aliphatic hydroxyl groups excluding tert-OH is 1. The third-order valence-electron chi connectivity index (χ3n) is 5.59. The van der Waals surface area contributed by atoms with Crippen LogP contribution in [0.5, 0.6) is 5.75 Å². The van der Waals surface area contributed by atoms with Crippen molar-refractivity contribution in [2.75, 3.05) is 0 Å². The van der Waals surface area contributed by atoms with Gasteiger partial charge >= 0.3 is 0 Å². The second-order valence-electron chi connectivity index (χ2n) is 6.98. The Morgan fingerprint density at radius 3 is 2.58 bits per heavy atom. The molecule has 0 radical (unpaired) electrons. The van der Waals surface area contributed by atoms with Crippen LogP contribution in [-0.4, -0.2) is 16.3 Å². The Bertz CT molecular complexity index is 478. The van der Waals surface area contributed by atoms with Crippen molar-refractivity contribution in [2.45, 2.75) is 52.1 Å². The summed E-state index contributed by atoms with van der Waals surface area (Å²) in [6, 6.07) is 5.80. The lowest BCUT2D eigenvalue weighted by molar-refractivity contribution is 0.0333. The zero-order chi connectivity index (χ0) is 13.6. The van der Waals surface area contributed by atoms with Gasteiger partial charge in [0.1, 0.15) is 5.75 Å². The van der Waals surface area contributed by atoms with Crippen molar-refractivity contribution in [2.24, 2.45) is 17.3 Å². The van der Waals surface area contributed by atoms with E-state index >= 15 is 0 Å². The summed E-state index contributed by atoms with van der Waals surface area (Å²) in [4.78, 5) is 0. The fraction of sp³-hybridized carbons (Fsp3) is 0.647. The fourth-order valence-electron chi connectivity index (χ4n) is 4.28. The molecular formula is C17H24O2. The van der Waals surface area contributed by atoms with E-state index in [0.717, 1.165) is 25.7 Å². The number of fused-ring (bicyclic) bond motifs is 1. The van der Waals surface area contributed by atoms with Crippen LogP contribution in [0.1, 0.15) is 44.2 Å². The lowest BCUT2D eigenvalue weighted by Crippen LogP contribution is -2.35. The van der Waals surface area contributed by atoms with Gasteiger partial charge in [-0.15, -0.1) is 0 Å². The summed E-state index contributed by atoms with van der Waals surface area (Å²) >= 11 is 0. The van der Waals surface area contributed by atoms with Gasteiger partial charge in [0, 0.05) is 0 Å². The van der Waals surface area contributed by atoms with E-state index in [1.165, 1.54) is 17.5 Å². The zero-order valence-corrected chi connectivity index (χ0v) is 11.9. The summed E-state index contributed by atoms with van der Waals surface area (Å²) in [5, 5.41) is 19.7. The highest BCUT2D eigenvalue weighted by Crippen LogP contribution is 2.49. The number of hydrogen-bond acceptors (Lipinski definition) is 2. The molecule has 1 fully saturated rings. The predicted molar refractivity (Wildman–Crippen MR) is 76.1 cm³/mol. The number of aryl methyl sites for hydroxylation is 1. The maximum Gasteiger partial charge on any atom is 0.115 e. The summed E-state index contributed by atoms with van der Waals surface area (Å²) in [5.74, 6) is 1.70. The molecule has 1 aromatic carbocycles. The van der Waals surface area contributed by atoms with Gasteiger partial charge in [-0.3, -0.25) is 0 Å². The predicted octanol–water partition coefficient (Wildman–Crippen LogP) is 3.29. The third kappa shape index (κ3) is 2.16. The molecule has 2 N–H and O–H groups in total. The summed E-state index contributed by atoms with van der Waals surface area (Å²) in [6.45, 7) is 4.45. The largest absolute Gasteiger partial charge is 0.508 e. The molecule has 2 nitrogen and oxygen atoms in total. The van der Waals surface area contributed by atoms with Crippen LogP contribution in [0, 0.1) is 17.3 Å². The van der Waals surface area contributed by atoms with Gasteiger partial charge in [-0.1, -0.05) is 19.9 Å². The number of hydrogen-bond donors (Lipinski definition) is 2. The van der Waals surface area contributed by atoms with Crippen LogP contribution in [0.4, 0.5) is 0 Å². The van der Waals surface area contributed by atoms with Gasteiger partial charge in [0.2, 0.25) is 0 Å². The summed E-state index contributed by atoms with van der Waals surface area (Å²) in [7, 11) is 0. The Labute approximate surface area is 115 Å². The Hall–Kier alpha value is -1.02. The highest BCUT2D eigenvalue weighted by Gasteiger charge is 2.45. The quantitative estimate of drug-likeness (QED) is 0.813. The summed E-state index contributed by atoms with van der Waals surface area (Å²) in [6.07, 6.45) is 5.34. The lowest BCUT2D eigenvalue weighted by Gasteiger charge is -2.38. The van der Waals surface area contributed by atoms with E-state index in [2.05, 4.69) is 19.9 Å². The molecule has 0 saturated heterocycles. The van der Waals surface area contributed by atoms with Crippen LogP contribution in [-0.2, 0) is 12.8 Å². The topological polar surface area (TPSA) is 40.5 Å². The number of phenolic OH excluding ortho intramolecular Hbond substituents is 1. The van der Waals surface area contributed by atoms with Crippen molar-refractivity contribution in [3.05, 3.63) is 29.3 Å². The molecule has 2 aliphatic rings. The Morgan fingerprint density at radius 2 is 1.89 bits per heavy atom. The van der Waals surface area contributed by atoms with Crippen molar-refractivity contribution in [1.29, 1.82) is 0 Å². The van der Waals surface area contributed by atoms with Gasteiger partial charge in [-0.05, 0) is 72.6 Å². The van der Waals surface area contributed by atoms with Crippen molar-refractivity contribution >= 4 is 0 Å². The van der Waals surface area contributed by atoms with Gasteiger partial charge in [0.25, 0.3) is 0 Å². The van der Waals surface area contributed by atoms with Crippen molar-refractivity contribution in [1.82, 2.24) is 0 Å². The van der Waals surface area contributed by atoms with Crippen molar-refractivity contribution in [3.8, 4) is 5.75 Å². The Kier molecular flexibility index (Phi) is 3.09. The minimum atomic E-state index is -0.140. The van der Waals surface area contributed by atoms with E-state index < -0.39 is 0 Å². The molecule has 19 heavy (non-hydrogen) atoms. The first-order valence-electron chi connectivity index (χ1n) is 7.47. The van der Waals surface area contributed by atoms with Crippen LogP contribution >= 0.6 is 0 Å². The van der Waals surface area contributed by atoms with Gasteiger partial charge in [-0.2, -0.15) is 0 Å². The van der Waals surface area contributed by atoms with E-state index in [0.29, 0.717) is 17.6 Å². The summed E-state index contributed by atoms with van der Waals surface area (Å²) in [5.41, 5.74) is 2.76. The van der Waals surface area contributed by atoms with E-state index in [4.69, 9.17) is 0 Å². The maximum absolute atomic E-state index is 10.2. The SMILES string of the molecule is CC1(C)C(O)CCC1C1CCc2cc(O)ccc2C1. The van der Waals surface area contributed by atoms with E-state index in [-0.39, 0.29) is 11.5 Å². The monoisotopic (exact) mass is 260 g/mol. The molecule has 0 amide bonds. The van der Waals surface area contributed by atoms with Crippen LogP contribution in [0.25, 0.3) is 0 Å². The molecule has 1 saturated carbocycles. The van der Waals surface area contributed by atoms with E-state index in [1.54, 1.807) is 6.07 Å². The molecule has 104 valence electrons. The number of aliphatic hydroxyl groups is 1. The van der Waals surface area contributed by atoms with E-state index in [1.807, 2.05) is 6.07 Å². The van der Waals surface area contributed by atoms with Crippen molar-refractivity contribution < 1.29 is 10.2 Å². The average molecular weight is 260 g/mol. The molecule has 3 unspecified atom stereocenters. The highest BCUT2D eigenvalue weighted by molar-refractivity contribution is 5.36. The number of aromatic hydroxyl groups is 1. The van der Waals surface area contributed by atoms with E-state index in [9.17, 15) is 10.2 Å². The van der Waals surface area contributed by atoms with Crippen LogP contribution in [0.2, 0.25) is 0 Å². The van der Waals surface area contributed by atoms with Gasteiger partial charge in [-0.25, -0.2) is 0 Å². The van der Waals surface area contributed by atoms with Crippen molar-refractivity contribution in [3.63, 3.8) is 0 Å². The molecular weight excluding hydrogens is 236 g/mol. The zero-order valence-electron chi connectivity index (χ0n) is 11.9. The minimum absolute atomic E-state index is 0.0547. The maximum atomic E-state index is 10.2. The average Bonchev–Trinajstić information content (AvgIpc) is 2.64. The molecule has 0 spiro atoms.